The molecule has 0 fully saturated rings. The highest BCUT2D eigenvalue weighted by Crippen LogP contribution is 2.20. The molecule has 0 unspecified atom stereocenters. The Labute approximate surface area is 116 Å². The molecule has 0 spiro atoms. The van der Waals surface area contributed by atoms with Crippen molar-refractivity contribution in [2.45, 2.75) is 65.3 Å². The van der Waals surface area contributed by atoms with Crippen molar-refractivity contribution in [3.05, 3.63) is 0 Å². The first-order valence-electron chi connectivity index (χ1n) is 6.73. The molecule has 108 valence electrons. The second-order valence-electron chi connectivity index (χ2n) is 7.83. The molecule has 0 rings (SSSR count). The number of carbonyl (C=O) groups is 1. The van der Waals surface area contributed by atoms with Gasteiger partial charge in [0.25, 0.3) is 5.97 Å². The fraction of sp³-hybridized carbons (Fsp3) is 0.917. The maximum atomic E-state index is 11.8. The quantitative estimate of drug-likeness (QED) is 0.700. The van der Waals surface area contributed by atoms with Crippen molar-refractivity contribution in [2.75, 3.05) is 6.54 Å². The number of hydrogen-bond donors (Lipinski definition) is 0. The van der Waals surface area contributed by atoms with Crippen LogP contribution < -0.4 is 0 Å². The second-order valence-corrected chi connectivity index (χ2v) is 22.5. The van der Waals surface area contributed by atoms with E-state index in [1.807, 2.05) is 0 Å². The van der Waals surface area contributed by atoms with Crippen LogP contribution in [-0.4, -0.2) is 41.5 Å². The van der Waals surface area contributed by atoms with Gasteiger partial charge in [-0.1, -0.05) is 39.3 Å². The molecule has 0 heterocycles. The minimum Gasteiger partial charge on any atom is -0.520 e. The van der Waals surface area contributed by atoms with Gasteiger partial charge >= 0.3 is 0 Å². The van der Waals surface area contributed by atoms with E-state index in [1.54, 1.807) is 0 Å². The smallest absolute Gasteiger partial charge is 0.293 e. The van der Waals surface area contributed by atoms with Crippen LogP contribution in [0.25, 0.3) is 0 Å². The van der Waals surface area contributed by atoms with Crippen LogP contribution >= 0.6 is 0 Å². The van der Waals surface area contributed by atoms with Crippen LogP contribution in [0.1, 0.15) is 6.42 Å². The molecule has 0 bridgehead atoms. The van der Waals surface area contributed by atoms with Crippen LogP contribution in [0, 0.1) is 0 Å². The molecule has 0 aromatic carbocycles. The van der Waals surface area contributed by atoms with Gasteiger partial charge in [-0.3, -0.25) is 4.79 Å². The van der Waals surface area contributed by atoms with Gasteiger partial charge in [0, 0.05) is 0 Å². The summed E-state index contributed by atoms with van der Waals surface area (Å²) < 4.78 is 8.15. The Morgan fingerprint density at radius 2 is 1.28 bits per heavy atom. The summed E-state index contributed by atoms with van der Waals surface area (Å²) in [6.07, 6.45) is 0.540. The topological polar surface area (TPSA) is 29.5 Å². The first kappa shape index (κ1) is 18.1. The van der Waals surface area contributed by atoms with Crippen molar-refractivity contribution >= 4 is 30.8 Å². The molecule has 0 radical (unpaired) electrons. The third-order valence-electron chi connectivity index (χ3n) is 2.58. The van der Waals surface area contributed by atoms with Crippen molar-refractivity contribution in [1.29, 1.82) is 0 Å². The van der Waals surface area contributed by atoms with Gasteiger partial charge in [-0.25, -0.2) is 0 Å². The molecule has 0 saturated heterocycles. The van der Waals surface area contributed by atoms with Gasteiger partial charge in [0.2, 0.25) is 8.32 Å². The summed E-state index contributed by atoms with van der Waals surface area (Å²) in [7, 11) is -4.43. The third kappa shape index (κ3) is 7.50. The molecule has 18 heavy (non-hydrogen) atoms. The predicted molar refractivity (Wildman–Crippen MR) is 87.5 cm³/mol. The van der Waals surface area contributed by atoms with E-state index in [1.165, 1.54) is 0 Å². The molecule has 0 aliphatic heterocycles. The maximum absolute atomic E-state index is 11.8. The van der Waals surface area contributed by atoms with E-state index >= 15 is 0 Å². The number of carbonyl (C=O) groups excluding carboxylic acids is 1. The zero-order chi connectivity index (χ0) is 14.8. The van der Waals surface area contributed by atoms with Crippen LogP contribution in [0.3, 0.4) is 0 Å². The Bertz CT molecular complexity index is 273. The van der Waals surface area contributed by atoms with Crippen molar-refractivity contribution in [2.24, 2.45) is 0 Å². The summed E-state index contributed by atoms with van der Waals surface area (Å²) in [6, 6.07) is 0. The van der Waals surface area contributed by atoms with Crippen molar-refractivity contribution in [3.63, 3.8) is 0 Å². The molecule has 0 aromatic heterocycles. The molecular formula is C12H31NO2Si3. The Morgan fingerprint density at radius 3 is 1.56 bits per heavy atom. The lowest BCUT2D eigenvalue weighted by Gasteiger charge is -2.43. The minimum absolute atomic E-state index is 0.0179. The molecular weight excluding hydrogens is 274 g/mol. The molecule has 0 aliphatic rings. The summed E-state index contributed by atoms with van der Waals surface area (Å²) in [5.74, 6) is -0.0179. The Kier molecular flexibility index (Phi) is 6.05. The molecule has 0 amide bonds. The van der Waals surface area contributed by atoms with E-state index in [9.17, 15) is 4.79 Å². The number of nitrogens with zero attached hydrogens (tertiary/aromatic N) is 1. The molecule has 0 saturated carbocycles. The molecule has 0 atom stereocenters. The van der Waals surface area contributed by atoms with Crippen molar-refractivity contribution in [1.82, 2.24) is 4.23 Å². The van der Waals surface area contributed by atoms with Crippen LogP contribution in [0.15, 0.2) is 0 Å². The SMILES string of the molecule is C[Si](C)(C)OC(=O)CCN([Si](C)(C)C)[Si](C)(C)C. The highest BCUT2D eigenvalue weighted by atomic mass is 28.4. The van der Waals surface area contributed by atoms with Gasteiger partial charge < -0.3 is 8.66 Å². The lowest BCUT2D eigenvalue weighted by Crippen LogP contribution is -2.59. The summed E-state index contributed by atoms with van der Waals surface area (Å²) in [4.78, 5) is 11.8. The zero-order valence-electron chi connectivity index (χ0n) is 13.7. The predicted octanol–water partition coefficient (Wildman–Crippen LogP) is 3.73. The molecule has 0 aliphatic carbocycles. The molecule has 3 nitrogen and oxygen atoms in total. The van der Waals surface area contributed by atoms with Gasteiger partial charge in [0.05, 0.1) is 6.42 Å². The summed E-state index contributed by atoms with van der Waals surface area (Å²) >= 11 is 0. The van der Waals surface area contributed by atoms with Crippen LogP contribution in [0.5, 0.6) is 0 Å². The van der Waals surface area contributed by atoms with Crippen LogP contribution in [-0.2, 0) is 9.22 Å². The Hall–Kier alpha value is 0.0806. The lowest BCUT2D eigenvalue weighted by atomic mass is 10.4. The van der Waals surface area contributed by atoms with Gasteiger partial charge in [0.1, 0.15) is 16.5 Å². The van der Waals surface area contributed by atoms with E-state index in [4.69, 9.17) is 4.43 Å². The van der Waals surface area contributed by atoms with E-state index < -0.39 is 24.8 Å². The fourth-order valence-corrected chi connectivity index (χ4v) is 12.7. The summed E-state index contributed by atoms with van der Waals surface area (Å²) in [5, 5.41) is 0. The molecule has 0 N–H and O–H groups in total. The van der Waals surface area contributed by atoms with Gasteiger partial charge in [0.15, 0.2) is 0 Å². The van der Waals surface area contributed by atoms with E-state index in [-0.39, 0.29) is 5.97 Å². The van der Waals surface area contributed by atoms with Gasteiger partial charge in [-0.2, -0.15) is 0 Å². The largest absolute Gasteiger partial charge is 0.520 e. The normalized spacial score (nSPS) is 13.9. The monoisotopic (exact) mass is 305 g/mol. The average Bonchev–Trinajstić information content (AvgIpc) is 1.93. The van der Waals surface area contributed by atoms with Crippen LogP contribution in [0.4, 0.5) is 0 Å². The van der Waals surface area contributed by atoms with Gasteiger partial charge in [-0.15, -0.1) is 0 Å². The minimum atomic E-state index is -1.73. The average molecular weight is 306 g/mol. The molecule has 6 heteroatoms. The van der Waals surface area contributed by atoms with Crippen molar-refractivity contribution in [3.8, 4) is 0 Å². The first-order valence-corrected chi connectivity index (χ1v) is 17.0. The standard InChI is InChI=1S/C12H31NO2Si3/c1-16(2,3)13(17(4,5)6)11-10-12(14)15-18(7,8)9/h10-11H2,1-9H3. The van der Waals surface area contributed by atoms with Gasteiger partial charge in [-0.05, 0) is 26.2 Å². The highest BCUT2D eigenvalue weighted by molar-refractivity contribution is 6.89. The summed E-state index contributed by atoms with van der Waals surface area (Å²) in [6.45, 7) is 21.2. The second kappa shape index (κ2) is 6.02. The first-order chi connectivity index (χ1) is 7.73. The van der Waals surface area contributed by atoms with Crippen molar-refractivity contribution < 1.29 is 9.22 Å². The lowest BCUT2D eigenvalue weighted by molar-refractivity contribution is -0.135. The number of rotatable bonds is 6. The van der Waals surface area contributed by atoms with E-state index in [0.717, 1.165) is 6.54 Å². The maximum Gasteiger partial charge on any atom is 0.293 e. The zero-order valence-corrected chi connectivity index (χ0v) is 16.7. The Balaban J connectivity index is 4.52. The molecule has 0 aromatic rings. The van der Waals surface area contributed by atoms with E-state index in [0.29, 0.717) is 6.42 Å². The summed E-state index contributed by atoms with van der Waals surface area (Å²) in [5.41, 5.74) is 0. The highest BCUT2D eigenvalue weighted by Gasteiger charge is 2.34. The Morgan fingerprint density at radius 1 is 0.889 bits per heavy atom. The van der Waals surface area contributed by atoms with E-state index in [2.05, 4.69) is 63.2 Å². The van der Waals surface area contributed by atoms with Crippen LogP contribution in [0.2, 0.25) is 58.9 Å². The fourth-order valence-electron chi connectivity index (χ4n) is 2.27. The number of hydrogen-bond acceptors (Lipinski definition) is 3. The third-order valence-corrected chi connectivity index (χ3v) is 11.1.